The van der Waals surface area contributed by atoms with Gasteiger partial charge in [0.2, 0.25) is 11.8 Å². The van der Waals surface area contributed by atoms with Crippen molar-refractivity contribution < 1.29 is 18.4 Å². The fourth-order valence-corrected chi connectivity index (χ4v) is 3.68. The zero-order valence-corrected chi connectivity index (χ0v) is 16.0. The Morgan fingerprint density at radius 2 is 1.39 bits per heavy atom. The van der Waals surface area contributed by atoms with E-state index < -0.39 is 11.6 Å². The molecule has 0 radical (unpaired) electrons. The Morgan fingerprint density at radius 3 is 1.93 bits per heavy atom. The maximum absolute atomic E-state index is 13.7. The Bertz CT molecular complexity index is 870. The van der Waals surface area contributed by atoms with Crippen LogP contribution in [-0.2, 0) is 9.59 Å². The smallest absolute Gasteiger partial charge is 0.227 e. The minimum Gasteiger partial charge on any atom is -0.325 e. The molecule has 0 spiro atoms. The molecule has 148 valence electrons. The SMILES string of the molecule is Cc1cccc(C)c1NC(=O)C1CCC(C(=O)Nc2ccc(F)cc2F)CC1. The van der Waals surface area contributed by atoms with E-state index in [2.05, 4.69) is 10.6 Å². The van der Waals surface area contributed by atoms with Gasteiger partial charge in [0, 0.05) is 23.6 Å². The maximum Gasteiger partial charge on any atom is 0.227 e. The van der Waals surface area contributed by atoms with E-state index in [1.165, 1.54) is 6.07 Å². The third-order valence-electron chi connectivity index (χ3n) is 5.39. The summed E-state index contributed by atoms with van der Waals surface area (Å²) >= 11 is 0. The molecule has 6 heteroatoms. The van der Waals surface area contributed by atoms with Crippen molar-refractivity contribution in [3.05, 3.63) is 59.2 Å². The molecule has 2 aromatic rings. The van der Waals surface area contributed by atoms with Crippen LogP contribution in [0.5, 0.6) is 0 Å². The fourth-order valence-electron chi connectivity index (χ4n) is 3.68. The molecule has 2 N–H and O–H groups in total. The van der Waals surface area contributed by atoms with Gasteiger partial charge in [0.1, 0.15) is 11.6 Å². The van der Waals surface area contributed by atoms with Crippen LogP contribution in [0.3, 0.4) is 0 Å². The molecule has 0 unspecified atom stereocenters. The largest absolute Gasteiger partial charge is 0.325 e. The van der Waals surface area contributed by atoms with E-state index in [0.717, 1.165) is 28.9 Å². The second-order valence-electron chi connectivity index (χ2n) is 7.42. The predicted molar refractivity (Wildman–Crippen MR) is 105 cm³/mol. The highest BCUT2D eigenvalue weighted by Crippen LogP contribution is 2.31. The van der Waals surface area contributed by atoms with Gasteiger partial charge in [-0.3, -0.25) is 9.59 Å². The highest BCUT2D eigenvalue weighted by atomic mass is 19.1. The van der Waals surface area contributed by atoms with Crippen molar-refractivity contribution in [1.82, 2.24) is 0 Å². The minimum atomic E-state index is -0.796. The summed E-state index contributed by atoms with van der Waals surface area (Å²) in [7, 11) is 0. The molecule has 3 rings (SSSR count). The number of aryl methyl sites for hydroxylation is 2. The van der Waals surface area contributed by atoms with Gasteiger partial charge in [-0.15, -0.1) is 0 Å². The van der Waals surface area contributed by atoms with Gasteiger partial charge in [-0.25, -0.2) is 8.78 Å². The van der Waals surface area contributed by atoms with E-state index >= 15 is 0 Å². The first kappa shape index (κ1) is 20.0. The van der Waals surface area contributed by atoms with Crippen molar-refractivity contribution >= 4 is 23.2 Å². The number of rotatable bonds is 4. The number of para-hydroxylation sites is 1. The third kappa shape index (κ3) is 4.55. The average Bonchev–Trinajstić information content (AvgIpc) is 2.67. The van der Waals surface area contributed by atoms with Gasteiger partial charge >= 0.3 is 0 Å². The van der Waals surface area contributed by atoms with Gasteiger partial charge in [0.25, 0.3) is 0 Å². The number of carbonyl (C=O) groups is 2. The Balaban J connectivity index is 1.55. The molecular formula is C22H24F2N2O2. The van der Waals surface area contributed by atoms with Crippen molar-refractivity contribution in [2.75, 3.05) is 10.6 Å². The molecular weight excluding hydrogens is 362 g/mol. The fraction of sp³-hybridized carbons (Fsp3) is 0.364. The monoisotopic (exact) mass is 386 g/mol. The van der Waals surface area contributed by atoms with Gasteiger partial charge in [-0.1, -0.05) is 18.2 Å². The van der Waals surface area contributed by atoms with E-state index in [1.54, 1.807) is 0 Å². The molecule has 0 atom stereocenters. The van der Waals surface area contributed by atoms with Crippen LogP contribution in [0.4, 0.5) is 20.2 Å². The highest BCUT2D eigenvalue weighted by molar-refractivity contribution is 5.95. The summed E-state index contributed by atoms with van der Waals surface area (Å²) in [5.41, 5.74) is 2.85. The first-order valence-corrected chi connectivity index (χ1v) is 9.48. The number of anilines is 2. The van der Waals surface area contributed by atoms with E-state index in [9.17, 15) is 18.4 Å². The van der Waals surface area contributed by atoms with Gasteiger partial charge in [-0.2, -0.15) is 0 Å². The summed E-state index contributed by atoms with van der Waals surface area (Å²) in [5, 5.41) is 5.55. The van der Waals surface area contributed by atoms with Crippen LogP contribution >= 0.6 is 0 Å². The molecule has 1 aliphatic rings. The second-order valence-corrected chi connectivity index (χ2v) is 7.42. The summed E-state index contributed by atoms with van der Waals surface area (Å²) in [4.78, 5) is 25.0. The Labute approximate surface area is 163 Å². The van der Waals surface area contributed by atoms with E-state index in [1.807, 2.05) is 32.0 Å². The normalized spacial score (nSPS) is 19.1. The lowest BCUT2D eigenvalue weighted by Gasteiger charge is -2.27. The van der Waals surface area contributed by atoms with Gasteiger partial charge in [0.05, 0.1) is 5.69 Å². The van der Waals surface area contributed by atoms with Crippen LogP contribution in [-0.4, -0.2) is 11.8 Å². The Hall–Kier alpha value is -2.76. The first-order valence-electron chi connectivity index (χ1n) is 9.48. The van der Waals surface area contributed by atoms with Gasteiger partial charge in [0.15, 0.2) is 0 Å². The van der Waals surface area contributed by atoms with Crippen molar-refractivity contribution in [3.63, 3.8) is 0 Å². The number of halogens is 2. The maximum atomic E-state index is 13.7. The summed E-state index contributed by atoms with van der Waals surface area (Å²) in [5.74, 6) is -2.24. The molecule has 2 amide bonds. The molecule has 28 heavy (non-hydrogen) atoms. The van der Waals surface area contributed by atoms with Gasteiger partial charge in [-0.05, 0) is 62.8 Å². The lowest BCUT2D eigenvalue weighted by atomic mass is 9.81. The van der Waals surface area contributed by atoms with E-state index in [-0.39, 0.29) is 29.3 Å². The Kier molecular flexibility index (Phi) is 6.07. The highest BCUT2D eigenvalue weighted by Gasteiger charge is 2.30. The zero-order chi connectivity index (χ0) is 20.3. The topological polar surface area (TPSA) is 58.2 Å². The molecule has 1 fully saturated rings. The lowest BCUT2D eigenvalue weighted by molar-refractivity contribution is -0.125. The predicted octanol–water partition coefficient (Wildman–Crippen LogP) is 4.97. The molecule has 0 aromatic heterocycles. The third-order valence-corrected chi connectivity index (χ3v) is 5.39. The molecule has 0 aliphatic heterocycles. The van der Waals surface area contributed by atoms with Gasteiger partial charge < -0.3 is 10.6 Å². The molecule has 0 saturated heterocycles. The molecule has 1 saturated carbocycles. The summed E-state index contributed by atoms with van der Waals surface area (Å²) in [6.07, 6.45) is 2.31. The average molecular weight is 386 g/mol. The van der Waals surface area contributed by atoms with Crippen LogP contribution in [0.1, 0.15) is 36.8 Å². The minimum absolute atomic E-state index is 0.0266. The quantitative estimate of drug-likeness (QED) is 0.780. The number of amides is 2. The summed E-state index contributed by atoms with van der Waals surface area (Å²) < 4.78 is 26.7. The van der Waals surface area contributed by atoms with Crippen LogP contribution in [0, 0.1) is 37.3 Å². The summed E-state index contributed by atoms with van der Waals surface area (Å²) in [6, 6.07) is 8.93. The van der Waals surface area contributed by atoms with Crippen molar-refractivity contribution in [2.24, 2.45) is 11.8 Å². The molecule has 4 nitrogen and oxygen atoms in total. The zero-order valence-electron chi connectivity index (χ0n) is 16.0. The first-order chi connectivity index (χ1) is 13.3. The van der Waals surface area contributed by atoms with Crippen molar-refractivity contribution in [3.8, 4) is 0 Å². The number of benzene rings is 2. The van der Waals surface area contributed by atoms with Crippen LogP contribution < -0.4 is 10.6 Å². The van der Waals surface area contributed by atoms with Crippen molar-refractivity contribution in [1.29, 1.82) is 0 Å². The molecule has 0 bridgehead atoms. The van der Waals surface area contributed by atoms with Crippen LogP contribution in [0.25, 0.3) is 0 Å². The molecule has 1 aliphatic carbocycles. The van der Waals surface area contributed by atoms with Crippen molar-refractivity contribution in [2.45, 2.75) is 39.5 Å². The number of hydrogen-bond acceptors (Lipinski definition) is 2. The van der Waals surface area contributed by atoms with Crippen LogP contribution in [0.15, 0.2) is 36.4 Å². The number of hydrogen-bond donors (Lipinski definition) is 2. The lowest BCUT2D eigenvalue weighted by Crippen LogP contribution is -2.32. The van der Waals surface area contributed by atoms with Crippen LogP contribution in [0.2, 0.25) is 0 Å². The standard InChI is InChI=1S/C22H24F2N2O2/c1-13-4-3-5-14(2)20(13)26-22(28)16-8-6-15(7-9-16)21(27)25-19-11-10-17(23)12-18(19)24/h3-5,10-12,15-16H,6-9H2,1-2H3,(H,25,27)(H,26,28). The number of nitrogens with one attached hydrogen (secondary N) is 2. The summed E-state index contributed by atoms with van der Waals surface area (Å²) in [6.45, 7) is 3.91. The number of carbonyl (C=O) groups excluding carboxylic acids is 2. The van der Waals surface area contributed by atoms with E-state index in [0.29, 0.717) is 25.7 Å². The van der Waals surface area contributed by atoms with E-state index in [4.69, 9.17) is 0 Å². The molecule has 0 heterocycles. The Morgan fingerprint density at radius 1 is 0.857 bits per heavy atom. The molecule has 2 aromatic carbocycles. The second kappa shape index (κ2) is 8.50.